The fourth-order valence-corrected chi connectivity index (χ4v) is 3.96. The van der Waals surface area contributed by atoms with Gasteiger partial charge in [0.15, 0.2) is 11.2 Å². The van der Waals surface area contributed by atoms with Crippen molar-refractivity contribution in [2.24, 2.45) is 18.8 Å². The van der Waals surface area contributed by atoms with E-state index in [0.717, 1.165) is 23.2 Å². The van der Waals surface area contributed by atoms with E-state index < -0.39 is 23.7 Å². The van der Waals surface area contributed by atoms with Crippen LogP contribution in [-0.4, -0.2) is 31.1 Å². The van der Waals surface area contributed by atoms with Gasteiger partial charge in [-0.2, -0.15) is 4.98 Å². The van der Waals surface area contributed by atoms with Crippen LogP contribution in [0.3, 0.4) is 0 Å². The molecule has 1 aliphatic heterocycles. The third-order valence-corrected chi connectivity index (χ3v) is 5.56. The molecule has 30 heavy (non-hydrogen) atoms. The van der Waals surface area contributed by atoms with Crippen LogP contribution in [0.15, 0.2) is 33.9 Å². The minimum Gasteiger partial charge on any atom is -0.312 e. The van der Waals surface area contributed by atoms with Crippen molar-refractivity contribution in [1.82, 2.24) is 24.1 Å². The van der Waals surface area contributed by atoms with Gasteiger partial charge in [0, 0.05) is 25.8 Å². The number of hydrogen-bond donors (Lipinski definition) is 2. The molecule has 0 aliphatic carbocycles. The van der Waals surface area contributed by atoms with Crippen LogP contribution in [0.25, 0.3) is 11.2 Å². The van der Waals surface area contributed by atoms with Gasteiger partial charge in [0.25, 0.3) is 11.5 Å². The number of hydrazine groups is 1. The number of hydrogen-bond acceptors (Lipinski definition) is 6. The number of aromatic nitrogens is 4. The number of amides is 1. The fourth-order valence-electron chi connectivity index (χ4n) is 3.96. The maximum absolute atomic E-state index is 13.2. The lowest BCUT2D eigenvalue weighted by Crippen LogP contribution is -2.45. The zero-order valence-corrected chi connectivity index (χ0v) is 17.3. The van der Waals surface area contributed by atoms with E-state index in [1.807, 2.05) is 22.1 Å². The van der Waals surface area contributed by atoms with E-state index in [9.17, 15) is 14.4 Å². The Morgan fingerprint density at radius 2 is 1.93 bits per heavy atom. The molecule has 4 rings (SSSR count). The van der Waals surface area contributed by atoms with Crippen LogP contribution in [-0.2, 0) is 31.4 Å². The highest BCUT2D eigenvalue weighted by Gasteiger charge is 2.30. The van der Waals surface area contributed by atoms with Crippen molar-refractivity contribution >= 4 is 28.7 Å². The summed E-state index contributed by atoms with van der Waals surface area (Å²) in [4.78, 5) is 44.3. The van der Waals surface area contributed by atoms with Crippen LogP contribution < -0.4 is 27.4 Å². The number of fused-ring (bicyclic) bond motifs is 3. The summed E-state index contributed by atoms with van der Waals surface area (Å²) in [5.74, 6) is 5.37. The number of imidazole rings is 1. The molecule has 2 aromatic heterocycles. The number of anilines is 2. The smallest absolute Gasteiger partial charge is 0.312 e. The molecule has 0 bridgehead atoms. The van der Waals surface area contributed by atoms with Gasteiger partial charge in [0.1, 0.15) is 6.54 Å². The van der Waals surface area contributed by atoms with Gasteiger partial charge < -0.3 is 9.47 Å². The van der Waals surface area contributed by atoms with Crippen LogP contribution in [0.5, 0.6) is 0 Å². The quantitative estimate of drug-likeness (QED) is 0.360. The minimum atomic E-state index is -0.627. The Kier molecular flexibility index (Phi) is 4.94. The summed E-state index contributed by atoms with van der Waals surface area (Å²) >= 11 is 0. The molecule has 1 aromatic carbocycles. The zero-order chi connectivity index (χ0) is 21.6. The Morgan fingerprint density at radius 1 is 1.23 bits per heavy atom. The van der Waals surface area contributed by atoms with Crippen LogP contribution in [0.4, 0.5) is 11.6 Å². The summed E-state index contributed by atoms with van der Waals surface area (Å²) < 4.78 is 4.03. The second-order valence-electron chi connectivity index (χ2n) is 7.73. The molecule has 0 saturated carbocycles. The number of rotatable bonds is 4. The van der Waals surface area contributed by atoms with Crippen molar-refractivity contribution in [3.63, 3.8) is 0 Å². The zero-order valence-electron chi connectivity index (χ0n) is 17.3. The molecule has 10 heteroatoms. The SMILES string of the molecule is CCc1ccc(N2C[C@H](C)Cn3c2nc2c3c(=O)n(CC(=O)NN)c(=O)n2C)cc1. The third-order valence-electron chi connectivity index (χ3n) is 5.56. The van der Waals surface area contributed by atoms with Crippen LogP contribution in [0, 0.1) is 5.92 Å². The van der Waals surface area contributed by atoms with Crippen LogP contribution in [0.2, 0.25) is 0 Å². The maximum atomic E-state index is 13.2. The standard InChI is InChI=1S/C20H25N7O3/c1-4-13-5-7-14(8-6-13)25-9-12(2)10-26-16-17(22-19(25)26)24(3)20(30)27(18(16)29)11-15(28)23-21/h5-8,12H,4,9-11,21H2,1-3H3,(H,23,28)/t12-/m0/s1. The van der Waals surface area contributed by atoms with Crippen molar-refractivity contribution in [3.8, 4) is 0 Å². The molecule has 0 saturated heterocycles. The predicted molar refractivity (Wildman–Crippen MR) is 114 cm³/mol. The topological polar surface area (TPSA) is 120 Å². The number of carbonyl (C=O) groups is 1. The summed E-state index contributed by atoms with van der Waals surface area (Å²) in [6, 6.07) is 8.25. The van der Waals surface area contributed by atoms with Crippen molar-refractivity contribution in [3.05, 3.63) is 50.7 Å². The second-order valence-corrected chi connectivity index (χ2v) is 7.73. The van der Waals surface area contributed by atoms with E-state index in [1.165, 1.54) is 10.1 Å². The minimum absolute atomic E-state index is 0.248. The summed E-state index contributed by atoms with van der Waals surface area (Å²) in [6.45, 7) is 5.09. The van der Waals surface area contributed by atoms with E-state index in [1.54, 1.807) is 7.05 Å². The van der Waals surface area contributed by atoms with Crippen molar-refractivity contribution < 1.29 is 4.79 Å². The Labute approximate surface area is 172 Å². The Morgan fingerprint density at radius 3 is 2.57 bits per heavy atom. The summed E-state index contributed by atoms with van der Waals surface area (Å²) in [6.07, 6.45) is 0.952. The first-order valence-corrected chi connectivity index (χ1v) is 9.91. The number of aryl methyl sites for hydroxylation is 2. The van der Waals surface area contributed by atoms with Gasteiger partial charge >= 0.3 is 5.69 Å². The largest absolute Gasteiger partial charge is 0.332 e. The fraction of sp³-hybridized carbons (Fsp3) is 0.400. The van der Waals surface area contributed by atoms with E-state index in [2.05, 4.69) is 35.9 Å². The lowest BCUT2D eigenvalue weighted by Gasteiger charge is -2.33. The van der Waals surface area contributed by atoms with E-state index >= 15 is 0 Å². The molecule has 3 aromatic rings. The molecule has 1 amide bonds. The molecule has 0 spiro atoms. The number of benzene rings is 1. The van der Waals surface area contributed by atoms with E-state index in [-0.39, 0.29) is 5.92 Å². The Bertz CT molecular complexity index is 1240. The molecule has 0 radical (unpaired) electrons. The van der Waals surface area contributed by atoms with Crippen molar-refractivity contribution in [2.75, 3.05) is 11.4 Å². The normalized spacial score (nSPS) is 16.0. The van der Waals surface area contributed by atoms with Gasteiger partial charge in [-0.1, -0.05) is 26.0 Å². The molecule has 1 atom stereocenters. The highest BCUT2D eigenvalue weighted by Crippen LogP contribution is 2.32. The second kappa shape index (κ2) is 7.45. The molecule has 0 fully saturated rings. The lowest BCUT2D eigenvalue weighted by atomic mass is 10.1. The van der Waals surface area contributed by atoms with E-state index in [4.69, 9.17) is 5.84 Å². The molecule has 3 N–H and O–H groups in total. The highest BCUT2D eigenvalue weighted by molar-refractivity contribution is 5.78. The van der Waals surface area contributed by atoms with Crippen LogP contribution in [0.1, 0.15) is 19.4 Å². The van der Waals surface area contributed by atoms with Gasteiger partial charge in [-0.3, -0.25) is 19.6 Å². The molecular weight excluding hydrogens is 386 g/mol. The first-order chi connectivity index (χ1) is 14.3. The number of nitrogens with zero attached hydrogens (tertiary/aromatic N) is 5. The lowest BCUT2D eigenvalue weighted by molar-refractivity contribution is -0.121. The van der Waals surface area contributed by atoms with Gasteiger partial charge in [-0.15, -0.1) is 0 Å². The summed E-state index contributed by atoms with van der Waals surface area (Å²) in [5, 5.41) is 0. The molecule has 1 aliphatic rings. The Hall–Kier alpha value is -3.40. The predicted octanol–water partition coefficient (Wildman–Crippen LogP) is 0.237. The molecular formula is C20H25N7O3. The molecule has 0 unspecified atom stereocenters. The first-order valence-electron chi connectivity index (χ1n) is 9.91. The summed E-state index contributed by atoms with van der Waals surface area (Å²) in [5.41, 5.74) is 3.61. The van der Waals surface area contributed by atoms with Crippen molar-refractivity contribution in [2.45, 2.75) is 33.4 Å². The molecule has 3 heterocycles. The molecule has 158 valence electrons. The third kappa shape index (κ3) is 3.09. The number of carbonyl (C=O) groups excluding carboxylic acids is 1. The highest BCUT2D eigenvalue weighted by atomic mass is 16.2. The molecule has 10 nitrogen and oxygen atoms in total. The van der Waals surface area contributed by atoms with E-state index in [0.29, 0.717) is 23.7 Å². The van der Waals surface area contributed by atoms with Gasteiger partial charge in [-0.25, -0.2) is 15.2 Å². The number of nitrogens with one attached hydrogen (secondary N) is 1. The Balaban J connectivity index is 1.94. The van der Waals surface area contributed by atoms with Gasteiger partial charge in [0.05, 0.1) is 0 Å². The van der Waals surface area contributed by atoms with Crippen LogP contribution >= 0.6 is 0 Å². The summed E-state index contributed by atoms with van der Waals surface area (Å²) in [7, 11) is 1.55. The monoisotopic (exact) mass is 411 g/mol. The average molecular weight is 411 g/mol. The first kappa shape index (κ1) is 19.9. The van der Waals surface area contributed by atoms with Gasteiger partial charge in [0.2, 0.25) is 5.95 Å². The number of nitrogens with two attached hydrogens (primary N) is 1. The maximum Gasteiger partial charge on any atom is 0.332 e. The van der Waals surface area contributed by atoms with Crippen molar-refractivity contribution in [1.29, 1.82) is 0 Å². The van der Waals surface area contributed by atoms with Gasteiger partial charge in [-0.05, 0) is 30.0 Å². The average Bonchev–Trinajstić information content (AvgIpc) is 3.14.